The van der Waals surface area contributed by atoms with Crippen molar-refractivity contribution in [3.63, 3.8) is 0 Å². The number of hydrogen-bond donors (Lipinski definition) is 3. The maximum atomic E-state index is 10.9. The summed E-state index contributed by atoms with van der Waals surface area (Å²) in [6.45, 7) is 1.98. The minimum Gasteiger partial charge on any atom is -0.442 e. The predicted octanol–water partition coefficient (Wildman–Crippen LogP) is -1.41. The molecule has 1 aliphatic rings. The molecule has 2 atom stereocenters. The zero-order valence-corrected chi connectivity index (χ0v) is 7.24. The standard InChI is InChI=1S/C7H12N2O4/c1-4(10)6(11)8-2-5-3-9-7(12)13-5/h4-5,10H,2-3H2,1H3,(H,8,11)(H,9,12)/t4-,5?/m1/s1. The van der Waals surface area contributed by atoms with Crippen LogP contribution in [0.4, 0.5) is 4.79 Å². The first-order valence-corrected chi connectivity index (χ1v) is 4.00. The van der Waals surface area contributed by atoms with Crippen LogP contribution in [0, 0.1) is 0 Å². The molecule has 0 aromatic carbocycles. The summed E-state index contributed by atoms with van der Waals surface area (Å²) in [7, 11) is 0. The molecule has 0 aromatic heterocycles. The Hall–Kier alpha value is -1.30. The van der Waals surface area contributed by atoms with Gasteiger partial charge in [-0.2, -0.15) is 0 Å². The number of cyclic esters (lactones) is 1. The van der Waals surface area contributed by atoms with Crippen molar-refractivity contribution in [3.8, 4) is 0 Å². The largest absolute Gasteiger partial charge is 0.442 e. The van der Waals surface area contributed by atoms with Crippen LogP contribution >= 0.6 is 0 Å². The third kappa shape index (κ3) is 2.90. The third-order valence-corrected chi connectivity index (χ3v) is 1.63. The number of ether oxygens (including phenoxy) is 1. The lowest BCUT2D eigenvalue weighted by molar-refractivity contribution is -0.128. The zero-order chi connectivity index (χ0) is 9.84. The average molecular weight is 188 g/mol. The molecule has 74 valence electrons. The van der Waals surface area contributed by atoms with Gasteiger partial charge >= 0.3 is 6.09 Å². The van der Waals surface area contributed by atoms with E-state index in [9.17, 15) is 9.59 Å². The van der Waals surface area contributed by atoms with Gasteiger partial charge in [0, 0.05) is 0 Å². The fourth-order valence-electron chi connectivity index (χ4n) is 0.908. The Morgan fingerprint density at radius 3 is 3.08 bits per heavy atom. The molecule has 1 heterocycles. The van der Waals surface area contributed by atoms with Crippen LogP contribution in [0.2, 0.25) is 0 Å². The average Bonchev–Trinajstić information content (AvgIpc) is 2.47. The van der Waals surface area contributed by atoms with Gasteiger partial charge in [-0.3, -0.25) is 4.79 Å². The summed E-state index contributed by atoms with van der Waals surface area (Å²) < 4.78 is 4.75. The molecule has 0 spiro atoms. The maximum absolute atomic E-state index is 10.9. The van der Waals surface area contributed by atoms with Crippen LogP contribution in [-0.2, 0) is 9.53 Å². The quantitative estimate of drug-likeness (QED) is 0.508. The number of alkyl carbamates (subject to hydrolysis) is 1. The molecule has 0 aliphatic carbocycles. The summed E-state index contributed by atoms with van der Waals surface area (Å²) in [6.07, 6.45) is -1.85. The van der Waals surface area contributed by atoms with Gasteiger partial charge in [0.1, 0.15) is 12.2 Å². The minimum atomic E-state index is -1.04. The lowest BCUT2D eigenvalue weighted by Gasteiger charge is -2.10. The summed E-state index contributed by atoms with van der Waals surface area (Å²) in [5.74, 6) is -0.469. The first-order chi connectivity index (χ1) is 6.09. The van der Waals surface area contributed by atoms with Gasteiger partial charge in [0.05, 0.1) is 13.1 Å². The van der Waals surface area contributed by atoms with Crippen molar-refractivity contribution in [2.45, 2.75) is 19.1 Å². The van der Waals surface area contributed by atoms with Gasteiger partial charge in [-0.15, -0.1) is 0 Å². The second-order valence-electron chi connectivity index (χ2n) is 2.83. The predicted molar refractivity (Wildman–Crippen MR) is 43.0 cm³/mol. The molecule has 1 unspecified atom stereocenters. The fourth-order valence-corrected chi connectivity index (χ4v) is 0.908. The molecule has 2 amide bonds. The number of aliphatic hydroxyl groups is 1. The van der Waals surface area contributed by atoms with Gasteiger partial charge in [-0.05, 0) is 6.92 Å². The molecular formula is C7H12N2O4. The van der Waals surface area contributed by atoms with Crippen LogP contribution in [0.3, 0.4) is 0 Å². The fraction of sp³-hybridized carbons (Fsp3) is 0.714. The van der Waals surface area contributed by atoms with Gasteiger partial charge < -0.3 is 20.5 Å². The van der Waals surface area contributed by atoms with E-state index in [-0.39, 0.29) is 12.6 Å². The second-order valence-corrected chi connectivity index (χ2v) is 2.83. The van der Waals surface area contributed by atoms with E-state index in [4.69, 9.17) is 9.84 Å². The van der Waals surface area contributed by atoms with Crippen molar-refractivity contribution < 1.29 is 19.4 Å². The Labute approximate surface area is 75.3 Å². The second kappa shape index (κ2) is 4.08. The van der Waals surface area contributed by atoms with Gasteiger partial charge in [0.2, 0.25) is 5.91 Å². The number of hydrogen-bond acceptors (Lipinski definition) is 4. The molecule has 6 heteroatoms. The van der Waals surface area contributed by atoms with Crippen LogP contribution in [0.5, 0.6) is 0 Å². The number of amides is 2. The third-order valence-electron chi connectivity index (χ3n) is 1.63. The number of rotatable bonds is 3. The van der Waals surface area contributed by atoms with Crippen LogP contribution in [-0.4, -0.2) is 42.4 Å². The SMILES string of the molecule is C[C@@H](O)C(=O)NCC1CNC(=O)O1. The van der Waals surface area contributed by atoms with E-state index < -0.39 is 18.1 Å². The normalized spacial score (nSPS) is 23.2. The molecule has 1 fully saturated rings. The maximum Gasteiger partial charge on any atom is 0.407 e. The first kappa shape index (κ1) is 9.79. The number of carbonyl (C=O) groups is 2. The van der Waals surface area contributed by atoms with Crippen LogP contribution in [0.1, 0.15) is 6.92 Å². The molecule has 0 saturated carbocycles. The molecule has 0 bridgehead atoms. The van der Waals surface area contributed by atoms with Gasteiger partial charge in [-0.1, -0.05) is 0 Å². The summed E-state index contributed by atoms with van der Waals surface area (Å²) in [6, 6.07) is 0. The Morgan fingerprint density at radius 2 is 2.62 bits per heavy atom. The summed E-state index contributed by atoms with van der Waals surface area (Å²) in [4.78, 5) is 21.4. The van der Waals surface area contributed by atoms with Crippen molar-refractivity contribution in [2.24, 2.45) is 0 Å². The Kier molecular flexibility index (Phi) is 3.07. The lowest BCUT2D eigenvalue weighted by atomic mass is 10.3. The van der Waals surface area contributed by atoms with E-state index in [0.29, 0.717) is 6.54 Å². The molecular weight excluding hydrogens is 176 g/mol. The summed E-state index contributed by atoms with van der Waals surface area (Å²) in [5.41, 5.74) is 0. The molecule has 6 nitrogen and oxygen atoms in total. The van der Waals surface area contributed by atoms with Crippen molar-refractivity contribution in [3.05, 3.63) is 0 Å². The topological polar surface area (TPSA) is 87.7 Å². The summed E-state index contributed by atoms with van der Waals surface area (Å²) >= 11 is 0. The van der Waals surface area contributed by atoms with Crippen molar-refractivity contribution in [2.75, 3.05) is 13.1 Å². The highest BCUT2D eigenvalue weighted by Gasteiger charge is 2.23. The Bertz CT molecular complexity index is 217. The Morgan fingerprint density at radius 1 is 1.92 bits per heavy atom. The van der Waals surface area contributed by atoms with Gasteiger partial charge in [-0.25, -0.2) is 4.79 Å². The van der Waals surface area contributed by atoms with Crippen LogP contribution in [0.25, 0.3) is 0 Å². The highest BCUT2D eigenvalue weighted by atomic mass is 16.6. The van der Waals surface area contributed by atoms with Crippen LogP contribution < -0.4 is 10.6 Å². The zero-order valence-electron chi connectivity index (χ0n) is 7.24. The molecule has 3 N–H and O–H groups in total. The van der Waals surface area contributed by atoms with E-state index in [1.54, 1.807) is 0 Å². The Balaban J connectivity index is 2.19. The van der Waals surface area contributed by atoms with Crippen molar-refractivity contribution in [1.29, 1.82) is 0 Å². The van der Waals surface area contributed by atoms with E-state index in [0.717, 1.165) is 0 Å². The van der Waals surface area contributed by atoms with Crippen LogP contribution in [0.15, 0.2) is 0 Å². The summed E-state index contributed by atoms with van der Waals surface area (Å²) in [5, 5.41) is 13.7. The van der Waals surface area contributed by atoms with E-state index in [2.05, 4.69) is 10.6 Å². The molecule has 1 rings (SSSR count). The molecule has 1 aliphatic heterocycles. The highest BCUT2D eigenvalue weighted by Crippen LogP contribution is 1.97. The molecule has 0 radical (unpaired) electrons. The van der Waals surface area contributed by atoms with Crippen molar-refractivity contribution >= 4 is 12.0 Å². The van der Waals surface area contributed by atoms with Gasteiger partial charge in [0.15, 0.2) is 0 Å². The smallest absolute Gasteiger partial charge is 0.407 e. The van der Waals surface area contributed by atoms with E-state index in [1.165, 1.54) is 6.92 Å². The molecule has 13 heavy (non-hydrogen) atoms. The van der Waals surface area contributed by atoms with E-state index in [1.807, 2.05) is 0 Å². The highest BCUT2D eigenvalue weighted by molar-refractivity contribution is 5.80. The number of nitrogens with one attached hydrogen (secondary N) is 2. The molecule has 1 saturated heterocycles. The molecule has 0 aromatic rings. The van der Waals surface area contributed by atoms with Gasteiger partial charge in [0.25, 0.3) is 0 Å². The first-order valence-electron chi connectivity index (χ1n) is 4.00. The van der Waals surface area contributed by atoms with E-state index >= 15 is 0 Å². The monoisotopic (exact) mass is 188 g/mol. The number of aliphatic hydroxyl groups excluding tert-OH is 1. The number of carbonyl (C=O) groups excluding carboxylic acids is 2. The van der Waals surface area contributed by atoms with Crippen molar-refractivity contribution in [1.82, 2.24) is 10.6 Å². The minimum absolute atomic E-state index is 0.225. The lowest BCUT2D eigenvalue weighted by Crippen LogP contribution is -2.38.